The minimum atomic E-state index is -0.967. The fraction of sp³-hybridized carbons (Fsp3) is 0.235. The number of carbonyl (C=O) groups excluding carboxylic acids is 1. The fourth-order valence-electron chi connectivity index (χ4n) is 2.54. The number of pyridine rings is 1. The SMILES string of the molecule is CN(C)C(=O)Cn1c(=O)n(C)c2ncc(-c3ccc(F)c(F)c3)cc21. The number of imidazole rings is 1. The van der Waals surface area contributed by atoms with Crippen molar-refractivity contribution in [3.05, 3.63) is 52.6 Å². The van der Waals surface area contributed by atoms with Crippen molar-refractivity contribution < 1.29 is 13.6 Å². The van der Waals surface area contributed by atoms with E-state index >= 15 is 0 Å². The lowest BCUT2D eigenvalue weighted by molar-refractivity contribution is -0.129. The fourth-order valence-corrected chi connectivity index (χ4v) is 2.54. The van der Waals surface area contributed by atoms with E-state index in [2.05, 4.69) is 4.98 Å². The topological polar surface area (TPSA) is 60.1 Å². The van der Waals surface area contributed by atoms with Crippen molar-refractivity contribution in [3.8, 4) is 11.1 Å². The summed E-state index contributed by atoms with van der Waals surface area (Å²) in [6.45, 7) is -0.133. The highest BCUT2D eigenvalue weighted by molar-refractivity contribution is 5.82. The molecule has 130 valence electrons. The molecule has 0 radical (unpaired) electrons. The summed E-state index contributed by atoms with van der Waals surface area (Å²) in [5, 5.41) is 0. The highest BCUT2D eigenvalue weighted by atomic mass is 19.2. The van der Waals surface area contributed by atoms with Crippen LogP contribution < -0.4 is 5.69 Å². The number of fused-ring (bicyclic) bond motifs is 1. The first-order valence-corrected chi connectivity index (χ1v) is 7.50. The van der Waals surface area contributed by atoms with Gasteiger partial charge in [-0.05, 0) is 23.8 Å². The molecule has 0 saturated carbocycles. The van der Waals surface area contributed by atoms with E-state index in [4.69, 9.17) is 0 Å². The smallest absolute Gasteiger partial charge is 0.330 e. The molecule has 2 aromatic heterocycles. The third-order valence-corrected chi connectivity index (χ3v) is 4.02. The van der Waals surface area contributed by atoms with Gasteiger partial charge in [0.15, 0.2) is 17.3 Å². The van der Waals surface area contributed by atoms with Crippen molar-refractivity contribution in [1.82, 2.24) is 19.0 Å². The van der Waals surface area contributed by atoms with Crippen molar-refractivity contribution >= 4 is 17.1 Å². The minimum absolute atomic E-state index is 0.133. The van der Waals surface area contributed by atoms with Gasteiger partial charge in [0.25, 0.3) is 0 Å². The maximum atomic E-state index is 13.5. The van der Waals surface area contributed by atoms with Gasteiger partial charge in [0.05, 0.1) is 5.52 Å². The normalized spacial score (nSPS) is 11.1. The Hall–Kier alpha value is -3.03. The molecule has 25 heavy (non-hydrogen) atoms. The summed E-state index contributed by atoms with van der Waals surface area (Å²) < 4.78 is 29.3. The Labute approximate surface area is 141 Å². The number of benzene rings is 1. The molecule has 1 amide bonds. The molecular formula is C17H16F2N4O2. The summed E-state index contributed by atoms with van der Waals surface area (Å²) in [5.74, 6) is -2.15. The Morgan fingerprint density at radius 3 is 2.52 bits per heavy atom. The van der Waals surface area contributed by atoms with E-state index in [0.29, 0.717) is 22.3 Å². The minimum Gasteiger partial charge on any atom is -0.347 e. The monoisotopic (exact) mass is 346 g/mol. The second-order valence-electron chi connectivity index (χ2n) is 5.91. The molecule has 6 nitrogen and oxygen atoms in total. The Kier molecular flexibility index (Phi) is 4.12. The third-order valence-electron chi connectivity index (χ3n) is 4.02. The zero-order valence-electron chi connectivity index (χ0n) is 14.0. The Bertz CT molecular complexity index is 1040. The van der Waals surface area contributed by atoms with Crippen molar-refractivity contribution in [2.45, 2.75) is 6.54 Å². The molecule has 0 N–H and O–H groups in total. The van der Waals surface area contributed by atoms with Crippen LogP contribution in [0.1, 0.15) is 0 Å². The number of halogens is 2. The summed E-state index contributed by atoms with van der Waals surface area (Å²) >= 11 is 0. The molecule has 0 aliphatic rings. The first-order chi connectivity index (χ1) is 11.8. The van der Waals surface area contributed by atoms with Crippen molar-refractivity contribution in [3.63, 3.8) is 0 Å². The molecule has 0 aliphatic heterocycles. The number of likely N-dealkylation sites (N-methyl/N-ethyl adjacent to an activating group) is 1. The Morgan fingerprint density at radius 1 is 1.16 bits per heavy atom. The second kappa shape index (κ2) is 6.12. The summed E-state index contributed by atoms with van der Waals surface area (Å²) in [7, 11) is 4.76. The Balaban J connectivity index is 2.17. The Morgan fingerprint density at radius 2 is 1.88 bits per heavy atom. The van der Waals surface area contributed by atoms with E-state index in [-0.39, 0.29) is 18.1 Å². The van der Waals surface area contributed by atoms with Crippen LogP contribution in [0.3, 0.4) is 0 Å². The molecule has 0 saturated heterocycles. The van der Waals surface area contributed by atoms with Crippen molar-refractivity contribution in [1.29, 1.82) is 0 Å². The van der Waals surface area contributed by atoms with Gasteiger partial charge in [-0.25, -0.2) is 18.6 Å². The van der Waals surface area contributed by atoms with Gasteiger partial charge in [-0.3, -0.25) is 13.9 Å². The average Bonchev–Trinajstić information content (AvgIpc) is 2.81. The zero-order valence-corrected chi connectivity index (χ0v) is 14.0. The van der Waals surface area contributed by atoms with Crippen LogP contribution in [0, 0.1) is 11.6 Å². The van der Waals surface area contributed by atoms with Gasteiger partial charge in [-0.2, -0.15) is 0 Å². The first kappa shape index (κ1) is 16.8. The summed E-state index contributed by atoms with van der Waals surface area (Å²) in [6.07, 6.45) is 1.48. The lowest BCUT2D eigenvalue weighted by Crippen LogP contribution is -2.31. The second-order valence-corrected chi connectivity index (χ2v) is 5.91. The lowest BCUT2D eigenvalue weighted by Gasteiger charge is -2.10. The summed E-state index contributed by atoms with van der Waals surface area (Å²) in [4.78, 5) is 30.0. The zero-order chi connectivity index (χ0) is 18.3. The molecule has 0 atom stereocenters. The van der Waals surface area contributed by atoms with E-state index in [1.54, 1.807) is 27.2 Å². The first-order valence-electron chi connectivity index (χ1n) is 7.50. The van der Waals surface area contributed by atoms with E-state index in [0.717, 1.165) is 12.1 Å². The number of hydrogen-bond acceptors (Lipinski definition) is 3. The third kappa shape index (κ3) is 2.90. The van der Waals surface area contributed by atoms with Gasteiger partial charge in [0, 0.05) is 32.9 Å². The van der Waals surface area contributed by atoms with Crippen LogP contribution in [0.2, 0.25) is 0 Å². The summed E-state index contributed by atoms with van der Waals surface area (Å²) in [5.41, 5.74) is 1.42. The van der Waals surface area contributed by atoms with Gasteiger partial charge in [0.1, 0.15) is 6.54 Å². The molecule has 3 rings (SSSR count). The molecule has 3 aromatic rings. The summed E-state index contributed by atoms with van der Waals surface area (Å²) in [6, 6.07) is 5.16. The lowest BCUT2D eigenvalue weighted by atomic mass is 10.1. The van der Waals surface area contributed by atoms with Gasteiger partial charge in [-0.1, -0.05) is 6.07 Å². The predicted octanol–water partition coefficient (Wildman–Crippen LogP) is 1.77. The van der Waals surface area contributed by atoms with E-state index in [9.17, 15) is 18.4 Å². The molecular weight excluding hydrogens is 330 g/mol. The van der Waals surface area contributed by atoms with Crippen LogP contribution in [0.4, 0.5) is 8.78 Å². The van der Waals surface area contributed by atoms with Gasteiger partial charge < -0.3 is 4.90 Å². The highest BCUT2D eigenvalue weighted by Crippen LogP contribution is 2.24. The molecule has 8 heteroatoms. The van der Waals surface area contributed by atoms with E-state index < -0.39 is 11.6 Å². The maximum absolute atomic E-state index is 13.5. The van der Waals surface area contributed by atoms with Crippen LogP contribution in [-0.2, 0) is 18.4 Å². The largest absolute Gasteiger partial charge is 0.347 e. The molecule has 0 bridgehead atoms. The number of nitrogens with zero attached hydrogens (tertiary/aromatic N) is 4. The molecule has 0 fully saturated rings. The number of aryl methyl sites for hydroxylation is 1. The van der Waals surface area contributed by atoms with E-state index in [1.807, 2.05) is 0 Å². The number of rotatable bonds is 3. The quantitative estimate of drug-likeness (QED) is 0.726. The maximum Gasteiger partial charge on any atom is 0.330 e. The standard InChI is InChI=1S/C17H16F2N4O2/c1-21(2)15(24)9-23-14-7-11(8-20-16(14)22(3)17(23)25)10-4-5-12(18)13(19)6-10/h4-8H,9H2,1-3H3. The number of aromatic nitrogens is 3. The molecule has 0 aliphatic carbocycles. The molecule has 0 spiro atoms. The predicted molar refractivity (Wildman–Crippen MR) is 89.0 cm³/mol. The average molecular weight is 346 g/mol. The van der Waals surface area contributed by atoms with Gasteiger partial charge in [0.2, 0.25) is 5.91 Å². The highest BCUT2D eigenvalue weighted by Gasteiger charge is 2.16. The van der Waals surface area contributed by atoms with E-state index in [1.165, 1.54) is 26.3 Å². The molecule has 0 unspecified atom stereocenters. The van der Waals surface area contributed by atoms with Crippen LogP contribution >= 0.6 is 0 Å². The van der Waals surface area contributed by atoms with Crippen molar-refractivity contribution in [2.75, 3.05) is 14.1 Å². The van der Waals surface area contributed by atoms with Crippen LogP contribution in [0.25, 0.3) is 22.3 Å². The number of amides is 1. The molecule has 1 aromatic carbocycles. The van der Waals surface area contributed by atoms with Crippen LogP contribution in [-0.4, -0.2) is 39.0 Å². The van der Waals surface area contributed by atoms with Crippen LogP contribution in [0.15, 0.2) is 35.3 Å². The van der Waals surface area contributed by atoms with Gasteiger partial charge in [-0.15, -0.1) is 0 Å². The number of carbonyl (C=O) groups is 1. The number of hydrogen-bond donors (Lipinski definition) is 0. The van der Waals surface area contributed by atoms with Gasteiger partial charge >= 0.3 is 5.69 Å². The van der Waals surface area contributed by atoms with Crippen molar-refractivity contribution in [2.24, 2.45) is 7.05 Å². The molecule has 2 heterocycles. The van der Waals surface area contributed by atoms with Crippen LogP contribution in [0.5, 0.6) is 0 Å².